The van der Waals surface area contributed by atoms with Crippen molar-refractivity contribution < 1.29 is 4.79 Å². The van der Waals surface area contributed by atoms with Gasteiger partial charge in [-0.1, -0.05) is 13.8 Å². The number of hydrogen-bond acceptors (Lipinski definition) is 2. The summed E-state index contributed by atoms with van der Waals surface area (Å²) in [6, 6.07) is 0. The summed E-state index contributed by atoms with van der Waals surface area (Å²) in [4.78, 5) is 13.3. The van der Waals surface area contributed by atoms with Gasteiger partial charge in [-0.25, -0.2) is 0 Å². The number of thiocarbonyl (C=S) groups is 1. The second-order valence-electron chi connectivity index (χ2n) is 4.87. The molecular formula is C12H23N3OS. The normalized spacial score (nSPS) is 15.5. The van der Waals surface area contributed by atoms with Gasteiger partial charge in [0.25, 0.3) is 0 Å². The zero-order valence-corrected chi connectivity index (χ0v) is 11.6. The molecule has 1 saturated heterocycles. The van der Waals surface area contributed by atoms with Crippen LogP contribution < -0.4 is 10.6 Å². The van der Waals surface area contributed by atoms with Crippen molar-refractivity contribution in [3.8, 4) is 0 Å². The van der Waals surface area contributed by atoms with Crippen molar-refractivity contribution >= 4 is 23.2 Å². The van der Waals surface area contributed by atoms with Gasteiger partial charge in [0, 0.05) is 32.6 Å². The molecule has 1 aliphatic rings. The summed E-state index contributed by atoms with van der Waals surface area (Å²) in [5.41, 5.74) is 0. The summed E-state index contributed by atoms with van der Waals surface area (Å²) in [5, 5.41) is 7.03. The quantitative estimate of drug-likeness (QED) is 0.553. The van der Waals surface area contributed by atoms with Crippen molar-refractivity contribution in [1.82, 2.24) is 15.5 Å². The van der Waals surface area contributed by atoms with Crippen LogP contribution in [0.25, 0.3) is 0 Å². The van der Waals surface area contributed by atoms with Crippen molar-refractivity contribution in [2.24, 2.45) is 5.92 Å². The van der Waals surface area contributed by atoms with Crippen molar-refractivity contribution in [3.63, 3.8) is 0 Å². The highest BCUT2D eigenvalue weighted by Crippen LogP contribution is 2.09. The minimum Gasteiger partial charge on any atom is -0.363 e. The molecule has 0 aromatic heterocycles. The SMILES string of the molecule is CC(C)CNC(=S)NCCCN1CCCC1=O. The monoisotopic (exact) mass is 257 g/mol. The Morgan fingerprint density at radius 2 is 2.24 bits per heavy atom. The molecule has 5 heteroatoms. The highest BCUT2D eigenvalue weighted by Gasteiger charge is 2.18. The molecule has 0 unspecified atom stereocenters. The van der Waals surface area contributed by atoms with Crippen molar-refractivity contribution in [1.29, 1.82) is 0 Å². The van der Waals surface area contributed by atoms with E-state index in [1.54, 1.807) is 0 Å². The Hall–Kier alpha value is -0.840. The van der Waals surface area contributed by atoms with Crippen LogP contribution in [0.15, 0.2) is 0 Å². The van der Waals surface area contributed by atoms with Gasteiger partial charge in [-0.15, -0.1) is 0 Å². The topological polar surface area (TPSA) is 44.4 Å². The summed E-state index contributed by atoms with van der Waals surface area (Å²) in [5.74, 6) is 0.891. The third-order valence-electron chi connectivity index (χ3n) is 2.73. The summed E-state index contributed by atoms with van der Waals surface area (Å²) < 4.78 is 0. The lowest BCUT2D eigenvalue weighted by Gasteiger charge is -2.16. The van der Waals surface area contributed by atoms with Crippen LogP contribution >= 0.6 is 12.2 Å². The largest absolute Gasteiger partial charge is 0.363 e. The highest BCUT2D eigenvalue weighted by atomic mass is 32.1. The van der Waals surface area contributed by atoms with Gasteiger partial charge in [-0.3, -0.25) is 4.79 Å². The van der Waals surface area contributed by atoms with Crippen LogP contribution in [0.5, 0.6) is 0 Å². The van der Waals surface area contributed by atoms with Gasteiger partial charge in [0.2, 0.25) is 5.91 Å². The lowest BCUT2D eigenvalue weighted by atomic mass is 10.2. The van der Waals surface area contributed by atoms with E-state index < -0.39 is 0 Å². The van der Waals surface area contributed by atoms with Crippen LogP contribution in [0, 0.1) is 5.92 Å². The molecule has 1 heterocycles. The standard InChI is InChI=1S/C12H23N3OS/c1-10(2)9-14-12(17)13-6-4-8-15-7-3-5-11(15)16/h10H,3-9H2,1-2H3,(H2,13,14,17). The molecule has 2 N–H and O–H groups in total. The summed E-state index contributed by atoms with van der Waals surface area (Å²) in [7, 11) is 0. The zero-order valence-electron chi connectivity index (χ0n) is 10.8. The summed E-state index contributed by atoms with van der Waals surface area (Å²) >= 11 is 5.14. The van der Waals surface area contributed by atoms with E-state index in [4.69, 9.17) is 12.2 Å². The van der Waals surface area contributed by atoms with Crippen molar-refractivity contribution in [2.45, 2.75) is 33.1 Å². The van der Waals surface area contributed by atoms with E-state index in [2.05, 4.69) is 24.5 Å². The first-order chi connectivity index (χ1) is 8.09. The van der Waals surface area contributed by atoms with E-state index >= 15 is 0 Å². The van der Waals surface area contributed by atoms with Gasteiger partial charge >= 0.3 is 0 Å². The number of nitrogens with zero attached hydrogens (tertiary/aromatic N) is 1. The number of carbonyl (C=O) groups is 1. The Morgan fingerprint density at radius 3 is 2.82 bits per heavy atom. The molecule has 0 spiro atoms. The molecule has 0 aliphatic carbocycles. The molecule has 1 aliphatic heterocycles. The van der Waals surface area contributed by atoms with E-state index in [9.17, 15) is 4.79 Å². The summed E-state index contributed by atoms with van der Waals surface area (Å²) in [6.45, 7) is 7.79. The minimum absolute atomic E-state index is 0.297. The molecule has 4 nitrogen and oxygen atoms in total. The Kier molecular flexibility index (Phi) is 6.26. The molecule has 0 aromatic rings. The van der Waals surface area contributed by atoms with Gasteiger partial charge in [0.1, 0.15) is 0 Å². The van der Waals surface area contributed by atoms with E-state index in [1.165, 1.54) is 0 Å². The van der Waals surface area contributed by atoms with Crippen molar-refractivity contribution in [3.05, 3.63) is 0 Å². The first-order valence-corrected chi connectivity index (χ1v) is 6.80. The van der Waals surface area contributed by atoms with Crippen LogP contribution in [0.1, 0.15) is 33.1 Å². The number of rotatable bonds is 6. The van der Waals surface area contributed by atoms with Crippen LogP contribution in [0.4, 0.5) is 0 Å². The third-order valence-corrected chi connectivity index (χ3v) is 3.02. The van der Waals surface area contributed by atoms with E-state index in [-0.39, 0.29) is 0 Å². The number of carbonyl (C=O) groups excluding carboxylic acids is 1. The van der Waals surface area contributed by atoms with Crippen LogP contribution in [0.2, 0.25) is 0 Å². The molecule has 17 heavy (non-hydrogen) atoms. The molecule has 1 fully saturated rings. The second kappa shape index (κ2) is 7.48. The predicted molar refractivity (Wildman–Crippen MR) is 73.9 cm³/mol. The second-order valence-corrected chi connectivity index (χ2v) is 5.28. The average molecular weight is 257 g/mol. The number of amides is 1. The van der Waals surface area contributed by atoms with Crippen LogP contribution in [0.3, 0.4) is 0 Å². The van der Waals surface area contributed by atoms with E-state index in [1.807, 2.05) is 4.90 Å². The molecule has 1 amide bonds. The Bertz CT molecular complexity index is 268. The molecule has 0 aromatic carbocycles. The van der Waals surface area contributed by atoms with Gasteiger partial charge in [0.05, 0.1) is 0 Å². The number of nitrogens with one attached hydrogen (secondary N) is 2. The van der Waals surface area contributed by atoms with Gasteiger partial charge in [-0.2, -0.15) is 0 Å². The fraction of sp³-hybridized carbons (Fsp3) is 0.833. The van der Waals surface area contributed by atoms with Crippen LogP contribution in [-0.4, -0.2) is 42.1 Å². The lowest BCUT2D eigenvalue weighted by molar-refractivity contribution is -0.127. The number of likely N-dealkylation sites (tertiary alicyclic amines) is 1. The maximum Gasteiger partial charge on any atom is 0.222 e. The fourth-order valence-corrected chi connectivity index (χ4v) is 1.96. The Morgan fingerprint density at radius 1 is 1.47 bits per heavy atom. The zero-order chi connectivity index (χ0) is 12.7. The molecule has 0 bridgehead atoms. The Labute approximate surface area is 109 Å². The smallest absolute Gasteiger partial charge is 0.222 e. The minimum atomic E-state index is 0.297. The van der Waals surface area contributed by atoms with Gasteiger partial charge in [-0.05, 0) is 31.0 Å². The maximum atomic E-state index is 11.3. The maximum absolute atomic E-state index is 11.3. The van der Waals surface area contributed by atoms with Gasteiger partial charge < -0.3 is 15.5 Å². The first-order valence-electron chi connectivity index (χ1n) is 6.39. The third kappa shape index (κ3) is 5.86. The summed E-state index contributed by atoms with van der Waals surface area (Å²) in [6.07, 6.45) is 2.69. The molecule has 0 atom stereocenters. The fourth-order valence-electron chi connectivity index (χ4n) is 1.77. The number of hydrogen-bond donors (Lipinski definition) is 2. The average Bonchev–Trinajstić information content (AvgIpc) is 2.68. The molecule has 1 rings (SSSR count). The van der Waals surface area contributed by atoms with Gasteiger partial charge in [0.15, 0.2) is 5.11 Å². The molecule has 0 saturated carbocycles. The van der Waals surface area contributed by atoms with Crippen molar-refractivity contribution in [2.75, 3.05) is 26.2 Å². The Balaban J connectivity index is 2.00. The molecule has 0 radical (unpaired) electrons. The predicted octanol–water partition coefficient (Wildman–Crippen LogP) is 1.12. The van der Waals surface area contributed by atoms with Crippen LogP contribution in [-0.2, 0) is 4.79 Å². The first kappa shape index (κ1) is 14.2. The molecular weight excluding hydrogens is 234 g/mol. The lowest BCUT2D eigenvalue weighted by Crippen LogP contribution is -2.38. The highest BCUT2D eigenvalue weighted by molar-refractivity contribution is 7.80. The van der Waals surface area contributed by atoms with E-state index in [0.717, 1.165) is 45.4 Å². The molecule has 98 valence electrons. The van der Waals surface area contributed by atoms with E-state index in [0.29, 0.717) is 16.9 Å².